The Kier molecular flexibility index (Phi) is 3.97. The van der Waals surface area contributed by atoms with Crippen LogP contribution >= 0.6 is 0 Å². The van der Waals surface area contributed by atoms with Crippen molar-refractivity contribution in [2.75, 3.05) is 24.3 Å². The van der Waals surface area contributed by atoms with Gasteiger partial charge in [0.1, 0.15) is 11.9 Å². The number of hydrogen-bond acceptors (Lipinski definition) is 4. The Labute approximate surface area is 158 Å². The number of nitriles is 1. The molecule has 0 aliphatic heterocycles. The van der Waals surface area contributed by atoms with E-state index in [1.165, 1.54) is 0 Å². The van der Waals surface area contributed by atoms with Crippen LogP contribution < -0.4 is 10.2 Å². The summed E-state index contributed by atoms with van der Waals surface area (Å²) in [6.45, 7) is 4.00. The second-order valence-corrected chi connectivity index (χ2v) is 7.03. The smallest absolute Gasteiger partial charge is 0.157 e. The highest BCUT2D eigenvalue weighted by Gasteiger charge is 2.15. The van der Waals surface area contributed by atoms with E-state index in [0.717, 1.165) is 39.4 Å². The maximum atomic E-state index is 9.65. The number of anilines is 3. The molecule has 0 unspecified atom stereocenters. The van der Waals surface area contributed by atoms with Crippen LogP contribution in [0, 0.1) is 25.2 Å². The Morgan fingerprint density at radius 1 is 1.07 bits per heavy atom. The fraction of sp³-hybridized carbons (Fsp3) is 0.182. The molecule has 0 bridgehead atoms. The van der Waals surface area contributed by atoms with E-state index in [1.54, 1.807) is 0 Å². The number of aromatic nitrogens is 2. The molecule has 0 radical (unpaired) electrons. The van der Waals surface area contributed by atoms with E-state index in [1.807, 2.05) is 50.5 Å². The van der Waals surface area contributed by atoms with Gasteiger partial charge in [0.2, 0.25) is 0 Å². The average Bonchev–Trinajstić information content (AvgIpc) is 3.00. The maximum absolute atomic E-state index is 9.65. The second kappa shape index (κ2) is 6.33. The lowest BCUT2D eigenvalue weighted by Gasteiger charge is -2.16. The SMILES string of the molecule is Cc1ccc2c(c1)nc1c(C#N)c(C)cc(Nc3cccc(N(C)C)c3)n12. The molecule has 27 heavy (non-hydrogen) atoms. The minimum absolute atomic E-state index is 0.608. The lowest BCUT2D eigenvalue weighted by molar-refractivity contribution is 1.13. The van der Waals surface area contributed by atoms with Gasteiger partial charge in [-0.25, -0.2) is 4.98 Å². The molecule has 1 N–H and O–H groups in total. The van der Waals surface area contributed by atoms with Gasteiger partial charge in [-0.1, -0.05) is 12.1 Å². The lowest BCUT2D eigenvalue weighted by Crippen LogP contribution is -2.09. The number of fused-ring (bicyclic) bond motifs is 3. The van der Waals surface area contributed by atoms with Gasteiger partial charge in [-0.3, -0.25) is 4.40 Å². The molecule has 0 spiro atoms. The molecule has 0 aliphatic rings. The summed E-state index contributed by atoms with van der Waals surface area (Å²) < 4.78 is 2.03. The Hall–Kier alpha value is -3.52. The van der Waals surface area contributed by atoms with Crippen LogP contribution in [0.25, 0.3) is 16.7 Å². The van der Waals surface area contributed by atoms with Crippen LogP contribution in [0.3, 0.4) is 0 Å². The molecule has 2 aromatic heterocycles. The molecule has 2 heterocycles. The first-order valence-corrected chi connectivity index (χ1v) is 8.85. The molecule has 0 fully saturated rings. The van der Waals surface area contributed by atoms with Crippen LogP contribution in [0.2, 0.25) is 0 Å². The standard InChI is InChI=1S/C22H21N5/c1-14-8-9-20-19(10-14)25-22-18(13-23)15(2)11-21(27(20)22)24-16-6-5-7-17(12-16)26(3)4/h5-12,24H,1-4H3. The van der Waals surface area contributed by atoms with E-state index in [-0.39, 0.29) is 0 Å². The van der Waals surface area contributed by atoms with Crippen molar-refractivity contribution in [3.8, 4) is 6.07 Å². The average molecular weight is 355 g/mol. The Balaban J connectivity index is 1.96. The van der Waals surface area contributed by atoms with Crippen molar-refractivity contribution in [2.24, 2.45) is 0 Å². The van der Waals surface area contributed by atoms with E-state index in [2.05, 4.69) is 46.6 Å². The van der Waals surface area contributed by atoms with Crippen molar-refractivity contribution in [1.82, 2.24) is 9.38 Å². The van der Waals surface area contributed by atoms with Gasteiger partial charge in [-0.15, -0.1) is 0 Å². The molecule has 0 amide bonds. The normalized spacial score (nSPS) is 10.9. The van der Waals surface area contributed by atoms with Gasteiger partial charge < -0.3 is 10.2 Å². The number of aryl methyl sites for hydroxylation is 2. The highest BCUT2D eigenvalue weighted by Crippen LogP contribution is 2.29. The molecule has 0 atom stereocenters. The van der Waals surface area contributed by atoms with E-state index in [9.17, 15) is 5.26 Å². The zero-order valence-electron chi connectivity index (χ0n) is 15.9. The van der Waals surface area contributed by atoms with Gasteiger partial charge in [0.25, 0.3) is 0 Å². The number of hydrogen-bond donors (Lipinski definition) is 1. The summed E-state index contributed by atoms with van der Waals surface area (Å²) in [5, 5.41) is 13.2. The van der Waals surface area contributed by atoms with Crippen molar-refractivity contribution in [3.05, 3.63) is 65.2 Å². The highest BCUT2D eigenvalue weighted by molar-refractivity contribution is 5.86. The summed E-state index contributed by atoms with van der Waals surface area (Å²) >= 11 is 0. The van der Waals surface area contributed by atoms with Gasteiger partial charge >= 0.3 is 0 Å². The van der Waals surface area contributed by atoms with Crippen LogP contribution in [-0.2, 0) is 0 Å². The number of nitrogens with zero attached hydrogens (tertiary/aromatic N) is 4. The number of benzene rings is 2. The monoisotopic (exact) mass is 355 g/mol. The summed E-state index contributed by atoms with van der Waals surface area (Å²) in [6, 6.07) is 18.7. The zero-order chi connectivity index (χ0) is 19.1. The number of nitrogens with one attached hydrogen (secondary N) is 1. The molecular weight excluding hydrogens is 334 g/mol. The third-order valence-corrected chi connectivity index (χ3v) is 4.77. The van der Waals surface area contributed by atoms with E-state index in [4.69, 9.17) is 4.98 Å². The van der Waals surface area contributed by atoms with Gasteiger partial charge in [0, 0.05) is 25.5 Å². The fourth-order valence-electron chi connectivity index (χ4n) is 3.36. The summed E-state index contributed by atoms with van der Waals surface area (Å²) in [5.41, 5.74) is 7.33. The first kappa shape index (κ1) is 16.9. The number of imidazole rings is 1. The second-order valence-electron chi connectivity index (χ2n) is 7.03. The van der Waals surface area contributed by atoms with E-state index >= 15 is 0 Å². The molecule has 0 saturated heterocycles. The fourth-order valence-corrected chi connectivity index (χ4v) is 3.36. The Bertz CT molecular complexity index is 1210. The number of pyridine rings is 1. The molecule has 0 saturated carbocycles. The minimum Gasteiger partial charge on any atom is -0.378 e. The van der Waals surface area contributed by atoms with E-state index in [0.29, 0.717) is 11.2 Å². The molecule has 2 aromatic carbocycles. The highest BCUT2D eigenvalue weighted by atomic mass is 15.1. The van der Waals surface area contributed by atoms with Crippen LogP contribution in [0.1, 0.15) is 16.7 Å². The summed E-state index contributed by atoms with van der Waals surface area (Å²) in [7, 11) is 4.05. The summed E-state index contributed by atoms with van der Waals surface area (Å²) in [4.78, 5) is 6.82. The predicted octanol–water partition coefficient (Wildman–Crippen LogP) is 4.79. The van der Waals surface area contributed by atoms with Crippen molar-refractivity contribution < 1.29 is 0 Å². The van der Waals surface area contributed by atoms with Crippen LogP contribution in [-0.4, -0.2) is 23.5 Å². The van der Waals surface area contributed by atoms with Gasteiger partial charge in [0.15, 0.2) is 5.65 Å². The van der Waals surface area contributed by atoms with Crippen LogP contribution in [0.5, 0.6) is 0 Å². The minimum atomic E-state index is 0.608. The molecule has 134 valence electrons. The van der Waals surface area contributed by atoms with Gasteiger partial charge in [-0.2, -0.15) is 5.26 Å². The van der Waals surface area contributed by atoms with Crippen molar-refractivity contribution in [2.45, 2.75) is 13.8 Å². The van der Waals surface area contributed by atoms with Gasteiger partial charge in [-0.05, 0) is 61.4 Å². The number of rotatable bonds is 3. The van der Waals surface area contributed by atoms with Crippen molar-refractivity contribution in [3.63, 3.8) is 0 Å². The van der Waals surface area contributed by atoms with Gasteiger partial charge in [0.05, 0.1) is 16.6 Å². The van der Waals surface area contributed by atoms with Crippen LogP contribution in [0.4, 0.5) is 17.2 Å². The molecule has 4 aromatic rings. The molecular formula is C22H21N5. The summed E-state index contributed by atoms with van der Waals surface area (Å²) in [5.74, 6) is 0.892. The zero-order valence-corrected chi connectivity index (χ0v) is 15.9. The quantitative estimate of drug-likeness (QED) is 0.574. The van der Waals surface area contributed by atoms with E-state index < -0.39 is 0 Å². The first-order valence-electron chi connectivity index (χ1n) is 8.85. The molecule has 4 rings (SSSR count). The van der Waals surface area contributed by atoms with Crippen molar-refractivity contribution >= 4 is 33.9 Å². The van der Waals surface area contributed by atoms with Crippen molar-refractivity contribution in [1.29, 1.82) is 5.26 Å². The topological polar surface area (TPSA) is 56.4 Å². The Morgan fingerprint density at radius 2 is 1.89 bits per heavy atom. The third-order valence-electron chi connectivity index (χ3n) is 4.77. The molecule has 5 heteroatoms. The molecule has 5 nitrogen and oxygen atoms in total. The first-order chi connectivity index (χ1) is 13.0. The Morgan fingerprint density at radius 3 is 2.63 bits per heavy atom. The van der Waals surface area contributed by atoms with Crippen LogP contribution in [0.15, 0.2) is 48.5 Å². The molecule has 0 aliphatic carbocycles. The summed E-state index contributed by atoms with van der Waals surface area (Å²) in [6.07, 6.45) is 0. The predicted molar refractivity (Wildman–Crippen MR) is 111 cm³/mol. The maximum Gasteiger partial charge on any atom is 0.157 e. The largest absolute Gasteiger partial charge is 0.378 e. The third kappa shape index (κ3) is 2.85. The lowest BCUT2D eigenvalue weighted by atomic mass is 10.1.